The lowest BCUT2D eigenvalue weighted by molar-refractivity contribution is -0.146. The summed E-state index contributed by atoms with van der Waals surface area (Å²) in [6.07, 6.45) is 2.81. The summed E-state index contributed by atoms with van der Waals surface area (Å²) in [6, 6.07) is 1.33. The Morgan fingerprint density at radius 3 is 1.88 bits per heavy atom. The lowest BCUT2D eigenvalue weighted by Gasteiger charge is -2.36. The van der Waals surface area contributed by atoms with Gasteiger partial charge < -0.3 is 51.8 Å². The fraction of sp³-hybridized carbons (Fsp3) is 0.638. The lowest BCUT2D eigenvalue weighted by atomic mass is 9.83. The minimum absolute atomic E-state index is 0.0635. The van der Waals surface area contributed by atoms with E-state index < -0.39 is 133 Å². The number of carboxylic acid groups (broad SMARTS) is 2. The molecule has 1 aromatic carbocycles. The van der Waals surface area contributed by atoms with Gasteiger partial charge in [0.15, 0.2) is 0 Å². The van der Waals surface area contributed by atoms with Gasteiger partial charge in [-0.1, -0.05) is 83.7 Å². The number of hydrogen-bond acceptors (Lipinski definition) is 12. The Hall–Kier alpha value is -6.41. The van der Waals surface area contributed by atoms with E-state index >= 15 is 4.79 Å². The van der Waals surface area contributed by atoms with Crippen LogP contribution in [0, 0.1) is 11.8 Å². The maximum absolute atomic E-state index is 15.1. The van der Waals surface area contributed by atoms with Crippen LogP contribution >= 0.6 is 0 Å². The molecule has 21 heteroatoms. The SMILES string of the molecule is CCCOC(=O)CNC(=O)C(=O)C(CCC)NC(=O)[C@@H]1C[C@@H](c2ccccc2)CN1C(=O)C(NC(=O)C(NC(=O)C(CCC(=O)O)NC(=O)C(CCC(=O)O)NC(C)=O)C(C)C)C1CCCCC1. The van der Waals surface area contributed by atoms with Crippen molar-refractivity contribution in [3.63, 3.8) is 0 Å². The van der Waals surface area contributed by atoms with Crippen molar-refractivity contribution < 1.29 is 67.7 Å². The van der Waals surface area contributed by atoms with Crippen LogP contribution in [0.15, 0.2) is 30.3 Å². The molecule has 7 amide bonds. The summed E-state index contributed by atoms with van der Waals surface area (Å²) >= 11 is 0. The van der Waals surface area contributed by atoms with Crippen molar-refractivity contribution in [2.24, 2.45) is 11.8 Å². The molecule has 3 rings (SSSR count). The molecule has 5 unspecified atom stereocenters. The third-order valence-electron chi connectivity index (χ3n) is 12.0. The predicted octanol–water partition coefficient (Wildman–Crippen LogP) is 1.22. The zero-order valence-electron chi connectivity index (χ0n) is 39.6. The lowest BCUT2D eigenvalue weighted by Crippen LogP contribution is -2.61. The molecule has 376 valence electrons. The van der Waals surface area contributed by atoms with Crippen LogP contribution in [0.2, 0.25) is 0 Å². The van der Waals surface area contributed by atoms with Crippen molar-refractivity contribution in [2.75, 3.05) is 19.7 Å². The highest BCUT2D eigenvalue weighted by Crippen LogP contribution is 2.35. The second-order valence-corrected chi connectivity index (χ2v) is 17.8. The van der Waals surface area contributed by atoms with Gasteiger partial charge in [-0.3, -0.25) is 52.7 Å². The number of aliphatic carboxylic acids is 2. The molecule has 1 aromatic rings. The number of Topliss-reactive ketones (excluding diaryl/α,β-unsaturated/α-hetero) is 1. The standard InChI is InChI=1S/C47H69N7O14/c1-6-14-32(41(61)46(66)48-25-38(60)68-23-7-2)50-44(64)35-24-31(29-15-10-8-11-16-29)26-54(35)47(67)40(30-17-12-9-13-18-30)53-45(65)39(27(3)4)52-43(63)34(20-22-37(58)59)51-42(62)33(49-28(5)55)19-21-36(56)57/h8,10-11,15-16,27,30-35,39-40H,6-7,9,12-14,17-26H2,1-5H3,(H,48,66)(H,49,55)(H,50,64)(H,51,62)(H,52,63)(H,53,65)(H,56,57)(H,58,59)/t31-,32?,33?,34?,35+,39?,40?/m1/s1. The minimum Gasteiger partial charge on any atom is -0.481 e. The number of ether oxygens (including phenoxy) is 1. The summed E-state index contributed by atoms with van der Waals surface area (Å²) in [5, 5.41) is 33.8. The van der Waals surface area contributed by atoms with Gasteiger partial charge in [-0.05, 0) is 62.3 Å². The van der Waals surface area contributed by atoms with Crippen LogP contribution in [0.4, 0.5) is 0 Å². The van der Waals surface area contributed by atoms with Crippen LogP contribution < -0.4 is 31.9 Å². The molecule has 1 heterocycles. The highest BCUT2D eigenvalue weighted by molar-refractivity contribution is 6.38. The predicted molar refractivity (Wildman–Crippen MR) is 244 cm³/mol. The summed E-state index contributed by atoms with van der Waals surface area (Å²) in [5.74, 6) is -11.3. The topological polar surface area (TPSA) is 313 Å². The normalized spacial score (nSPS) is 18.1. The minimum atomic E-state index is -1.54. The number of rotatable bonds is 27. The Bertz CT molecular complexity index is 1960. The van der Waals surface area contributed by atoms with E-state index in [1.807, 2.05) is 30.3 Å². The molecule has 21 nitrogen and oxygen atoms in total. The maximum atomic E-state index is 15.1. The molecule has 0 bridgehead atoms. The highest BCUT2D eigenvalue weighted by atomic mass is 16.5. The molecule has 2 fully saturated rings. The van der Waals surface area contributed by atoms with Gasteiger partial charge in [0.05, 0.1) is 12.6 Å². The summed E-state index contributed by atoms with van der Waals surface area (Å²) in [4.78, 5) is 145. The molecular formula is C47H69N7O14. The molecular weight excluding hydrogens is 887 g/mol. The van der Waals surface area contributed by atoms with Crippen molar-refractivity contribution >= 4 is 65.0 Å². The molecule has 7 atom stereocenters. The number of esters is 1. The van der Waals surface area contributed by atoms with Crippen LogP contribution in [0.1, 0.15) is 130 Å². The first-order chi connectivity index (χ1) is 32.3. The van der Waals surface area contributed by atoms with Crippen LogP contribution in [-0.2, 0) is 57.5 Å². The maximum Gasteiger partial charge on any atom is 0.325 e. The van der Waals surface area contributed by atoms with E-state index in [1.165, 1.54) is 4.90 Å². The number of hydrogen-bond donors (Lipinski definition) is 8. The average molecular weight is 956 g/mol. The first kappa shape index (κ1) is 55.9. The largest absolute Gasteiger partial charge is 0.481 e. The molecule has 1 saturated heterocycles. The third kappa shape index (κ3) is 17.7. The number of nitrogens with one attached hydrogen (secondary N) is 6. The fourth-order valence-electron chi connectivity index (χ4n) is 8.44. The number of amides is 7. The Morgan fingerprint density at radius 2 is 1.32 bits per heavy atom. The van der Waals surface area contributed by atoms with E-state index in [0.29, 0.717) is 25.7 Å². The van der Waals surface area contributed by atoms with Gasteiger partial charge in [-0.15, -0.1) is 0 Å². The number of carbonyl (C=O) groups excluding carboxylic acids is 9. The summed E-state index contributed by atoms with van der Waals surface area (Å²) in [5.41, 5.74) is 0.840. The number of likely N-dealkylation sites (tertiary alicyclic amines) is 1. The first-order valence-corrected chi connectivity index (χ1v) is 23.5. The zero-order chi connectivity index (χ0) is 50.5. The Balaban J connectivity index is 1.94. The second kappa shape index (κ2) is 28.0. The number of carboxylic acids is 2. The Kier molecular flexibility index (Phi) is 23.1. The molecule has 1 saturated carbocycles. The van der Waals surface area contributed by atoms with Gasteiger partial charge in [-0.2, -0.15) is 0 Å². The van der Waals surface area contributed by atoms with Gasteiger partial charge in [0.1, 0.15) is 36.8 Å². The van der Waals surface area contributed by atoms with Crippen LogP contribution in [0.5, 0.6) is 0 Å². The van der Waals surface area contributed by atoms with E-state index in [4.69, 9.17) is 4.74 Å². The van der Waals surface area contributed by atoms with Crippen molar-refractivity contribution in [1.82, 2.24) is 36.8 Å². The van der Waals surface area contributed by atoms with E-state index in [2.05, 4.69) is 31.9 Å². The molecule has 0 spiro atoms. The zero-order valence-corrected chi connectivity index (χ0v) is 39.6. The first-order valence-electron chi connectivity index (χ1n) is 23.5. The molecule has 1 aliphatic carbocycles. The van der Waals surface area contributed by atoms with E-state index in [0.717, 1.165) is 31.7 Å². The van der Waals surface area contributed by atoms with Crippen molar-refractivity contribution in [3.05, 3.63) is 35.9 Å². The van der Waals surface area contributed by atoms with Gasteiger partial charge in [0, 0.05) is 32.2 Å². The van der Waals surface area contributed by atoms with Crippen molar-refractivity contribution in [1.29, 1.82) is 0 Å². The van der Waals surface area contributed by atoms with Gasteiger partial charge in [0.25, 0.3) is 5.91 Å². The van der Waals surface area contributed by atoms with Crippen LogP contribution in [0.25, 0.3) is 0 Å². The van der Waals surface area contributed by atoms with Crippen molar-refractivity contribution in [3.8, 4) is 0 Å². The fourth-order valence-corrected chi connectivity index (χ4v) is 8.44. The second-order valence-electron chi connectivity index (χ2n) is 17.8. The quantitative estimate of drug-likeness (QED) is 0.0455. The molecule has 8 N–H and O–H groups in total. The summed E-state index contributed by atoms with van der Waals surface area (Å²) < 4.78 is 4.96. The van der Waals surface area contributed by atoms with Gasteiger partial charge in [-0.25, -0.2) is 0 Å². The summed E-state index contributed by atoms with van der Waals surface area (Å²) in [7, 11) is 0. The van der Waals surface area contributed by atoms with E-state index in [1.54, 1.807) is 27.7 Å². The molecule has 0 aromatic heterocycles. The molecule has 2 aliphatic rings. The number of ketones is 1. The van der Waals surface area contributed by atoms with Gasteiger partial charge in [0.2, 0.25) is 41.2 Å². The highest BCUT2D eigenvalue weighted by Gasteiger charge is 2.46. The smallest absolute Gasteiger partial charge is 0.325 e. The van der Waals surface area contributed by atoms with Crippen LogP contribution in [-0.4, -0.2) is 136 Å². The molecule has 0 radical (unpaired) electrons. The third-order valence-corrected chi connectivity index (χ3v) is 12.0. The average Bonchev–Trinajstić information content (AvgIpc) is 3.76. The summed E-state index contributed by atoms with van der Waals surface area (Å²) in [6.45, 7) is 7.58. The van der Waals surface area contributed by atoms with Crippen molar-refractivity contribution in [2.45, 2.75) is 160 Å². The number of benzene rings is 1. The van der Waals surface area contributed by atoms with Gasteiger partial charge >= 0.3 is 17.9 Å². The monoisotopic (exact) mass is 955 g/mol. The molecule has 1 aliphatic heterocycles. The van der Waals surface area contributed by atoms with E-state index in [-0.39, 0.29) is 44.2 Å². The number of carbonyl (C=O) groups is 11. The van der Waals surface area contributed by atoms with Crippen LogP contribution in [0.3, 0.4) is 0 Å². The van der Waals surface area contributed by atoms with E-state index in [9.17, 15) is 58.2 Å². The molecule has 68 heavy (non-hydrogen) atoms. The Morgan fingerprint density at radius 1 is 0.721 bits per heavy atom. The number of nitrogens with zero attached hydrogens (tertiary/aromatic N) is 1. The Labute approximate surface area is 396 Å².